The molecule has 7 heteroatoms. The summed E-state index contributed by atoms with van der Waals surface area (Å²) in [5.41, 5.74) is 3.46. The van der Waals surface area contributed by atoms with Crippen LogP contribution in [0.5, 0.6) is 5.75 Å². The number of amides is 1. The monoisotopic (exact) mass is 361 g/mol. The molecule has 0 fully saturated rings. The molecule has 0 aliphatic heterocycles. The number of benzene rings is 1. The van der Waals surface area contributed by atoms with Gasteiger partial charge in [-0.15, -0.1) is 0 Å². The summed E-state index contributed by atoms with van der Waals surface area (Å²) in [6.45, 7) is 0. The van der Waals surface area contributed by atoms with Crippen molar-refractivity contribution in [2.24, 2.45) is 5.10 Å². The van der Waals surface area contributed by atoms with Gasteiger partial charge in [-0.3, -0.25) is 9.78 Å². The number of pyridine rings is 1. The van der Waals surface area contributed by atoms with Crippen molar-refractivity contribution in [3.63, 3.8) is 0 Å². The van der Waals surface area contributed by atoms with Gasteiger partial charge in [-0.1, -0.05) is 12.1 Å². The first-order valence-corrected chi connectivity index (χ1v) is 7.97. The summed E-state index contributed by atoms with van der Waals surface area (Å²) in [7, 11) is 0. The predicted octanol–water partition coefficient (Wildman–Crippen LogP) is 3.06. The standard InChI is InChI=1S/C20H15N3O4/c24-19(9-8-17-7-3-11-26-17)27-18-6-1-4-15(12-18)13-22-23-20(25)16-5-2-10-21-14-16/h1-14H,(H,23,25)/b9-8+,22-13+. The van der Waals surface area contributed by atoms with E-state index in [1.165, 1.54) is 30.8 Å². The lowest BCUT2D eigenvalue weighted by molar-refractivity contribution is -0.128. The Morgan fingerprint density at radius 3 is 2.85 bits per heavy atom. The molecule has 0 saturated heterocycles. The largest absolute Gasteiger partial charge is 0.465 e. The Morgan fingerprint density at radius 1 is 1.15 bits per heavy atom. The molecule has 27 heavy (non-hydrogen) atoms. The Labute approximate surface area is 155 Å². The van der Waals surface area contributed by atoms with E-state index in [0.717, 1.165) is 0 Å². The Kier molecular flexibility index (Phi) is 5.88. The highest BCUT2D eigenvalue weighted by Crippen LogP contribution is 2.13. The van der Waals surface area contributed by atoms with Gasteiger partial charge in [0.05, 0.1) is 18.0 Å². The van der Waals surface area contributed by atoms with Crippen LogP contribution in [-0.4, -0.2) is 23.1 Å². The minimum atomic E-state index is -0.537. The molecule has 0 aliphatic rings. The molecule has 1 aromatic carbocycles. The SMILES string of the molecule is O=C(/C=C/c1ccco1)Oc1cccc(/C=N/NC(=O)c2cccnc2)c1. The van der Waals surface area contributed by atoms with Crippen molar-refractivity contribution in [1.29, 1.82) is 0 Å². The lowest BCUT2D eigenvalue weighted by Gasteiger charge is -2.02. The van der Waals surface area contributed by atoms with Crippen molar-refractivity contribution >= 4 is 24.2 Å². The van der Waals surface area contributed by atoms with Crippen molar-refractivity contribution in [2.45, 2.75) is 0 Å². The zero-order chi connectivity index (χ0) is 18.9. The summed E-state index contributed by atoms with van der Waals surface area (Å²) in [6, 6.07) is 13.5. The lowest BCUT2D eigenvalue weighted by Crippen LogP contribution is -2.17. The number of ether oxygens (including phenoxy) is 1. The van der Waals surface area contributed by atoms with Gasteiger partial charge >= 0.3 is 5.97 Å². The van der Waals surface area contributed by atoms with Crippen LogP contribution in [0.3, 0.4) is 0 Å². The van der Waals surface area contributed by atoms with E-state index in [1.54, 1.807) is 54.7 Å². The molecule has 0 aliphatic carbocycles. The Hall–Kier alpha value is -4.00. The molecular weight excluding hydrogens is 346 g/mol. The molecule has 1 N–H and O–H groups in total. The fraction of sp³-hybridized carbons (Fsp3) is 0. The third kappa shape index (κ3) is 5.50. The van der Waals surface area contributed by atoms with Gasteiger partial charge in [0.2, 0.25) is 0 Å². The number of hydrazone groups is 1. The summed E-state index contributed by atoms with van der Waals surface area (Å²) in [5, 5.41) is 3.89. The Morgan fingerprint density at radius 2 is 2.07 bits per heavy atom. The number of rotatable bonds is 6. The third-order valence-corrected chi connectivity index (χ3v) is 3.31. The normalized spacial score (nSPS) is 11.0. The van der Waals surface area contributed by atoms with Crippen LogP contribution >= 0.6 is 0 Å². The zero-order valence-corrected chi connectivity index (χ0v) is 14.1. The smallest absolute Gasteiger partial charge is 0.336 e. The number of nitrogens with zero attached hydrogens (tertiary/aromatic N) is 2. The van der Waals surface area contributed by atoms with Gasteiger partial charge in [-0.25, -0.2) is 10.2 Å². The average molecular weight is 361 g/mol. The number of furan rings is 1. The van der Waals surface area contributed by atoms with E-state index in [9.17, 15) is 9.59 Å². The third-order valence-electron chi connectivity index (χ3n) is 3.31. The molecule has 2 aromatic heterocycles. The summed E-state index contributed by atoms with van der Waals surface area (Å²) in [5.74, 6) is -0.000752. The van der Waals surface area contributed by atoms with Gasteiger partial charge < -0.3 is 9.15 Å². The molecule has 7 nitrogen and oxygen atoms in total. The molecule has 0 bridgehead atoms. The second kappa shape index (κ2) is 8.91. The number of carbonyl (C=O) groups is 2. The molecule has 3 rings (SSSR count). The van der Waals surface area contributed by atoms with E-state index in [1.807, 2.05) is 0 Å². The highest BCUT2D eigenvalue weighted by Gasteiger charge is 2.04. The number of carbonyl (C=O) groups excluding carboxylic acids is 2. The van der Waals surface area contributed by atoms with Crippen molar-refractivity contribution in [3.8, 4) is 5.75 Å². The molecule has 134 valence electrons. The molecule has 0 spiro atoms. The van der Waals surface area contributed by atoms with Crippen LogP contribution in [0, 0.1) is 0 Å². The highest BCUT2D eigenvalue weighted by atomic mass is 16.5. The van der Waals surface area contributed by atoms with E-state index in [0.29, 0.717) is 22.6 Å². The first-order chi connectivity index (χ1) is 13.2. The van der Waals surface area contributed by atoms with Crippen molar-refractivity contribution < 1.29 is 18.7 Å². The van der Waals surface area contributed by atoms with E-state index in [2.05, 4.69) is 15.5 Å². The Balaban J connectivity index is 1.56. The van der Waals surface area contributed by atoms with Gasteiger partial charge in [0, 0.05) is 18.5 Å². The lowest BCUT2D eigenvalue weighted by atomic mass is 10.2. The number of esters is 1. The first-order valence-electron chi connectivity index (χ1n) is 7.97. The van der Waals surface area contributed by atoms with Gasteiger partial charge in [-0.05, 0) is 48.0 Å². The maximum Gasteiger partial charge on any atom is 0.336 e. The molecule has 2 heterocycles. The minimum absolute atomic E-state index is 0.353. The summed E-state index contributed by atoms with van der Waals surface area (Å²) < 4.78 is 10.3. The van der Waals surface area contributed by atoms with Crippen molar-refractivity contribution in [2.75, 3.05) is 0 Å². The van der Waals surface area contributed by atoms with Crippen LogP contribution in [0.25, 0.3) is 6.08 Å². The fourth-order valence-electron chi connectivity index (χ4n) is 2.07. The molecule has 1 amide bonds. The molecule has 0 radical (unpaired) electrons. The highest BCUT2D eigenvalue weighted by molar-refractivity contribution is 5.94. The van der Waals surface area contributed by atoms with Gasteiger partial charge in [0.15, 0.2) is 0 Å². The maximum atomic E-state index is 11.9. The van der Waals surface area contributed by atoms with Gasteiger partial charge in [0.25, 0.3) is 5.91 Å². The number of aromatic nitrogens is 1. The minimum Gasteiger partial charge on any atom is -0.465 e. The number of hydrogen-bond acceptors (Lipinski definition) is 6. The van der Waals surface area contributed by atoms with Crippen LogP contribution in [0.4, 0.5) is 0 Å². The van der Waals surface area contributed by atoms with E-state index in [-0.39, 0.29) is 5.91 Å². The topological polar surface area (TPSA) is 93.8 Å². The van der Waals surface area contributed by atoms with Crippen LogP contribution in [0.2, 0.25) is 0 Å². The van der Waals surface area contributed by atoms with Crippen LogP contribution < -0.4 is 10.2 Å². The molecular formula is C20H15N3O4. The summed E-state index contributed by atoms with van der Waals surface area (Å²) in [4.78, 5) is 27.6. The quantitative estimate of drug-likeness (QED) is 0.239. The number of nitrogens with one attached hydrogen (secondary N) is 1. The van der Waals surface area contributed by atoms with Crippen molar-refractivity contribution in [3.05, 3.63) is 90.2 Å². The fourth-order valence-corrected chi connectivity index (χ4v) is 2.07. The van der Waals surface area contributed by atoms with Crippen molar-refractivity contribution in [1.82, 2.24) is 10.4 Å². The predicted molar refractivity (Wildman–Crippen MR) is 99.1 cm³/mol. The average Bonchev–Trinajstić information content (AvgIpc) is 3.21. The van der Waals surface area contributed by atoms with Crippen LogP contribution in [0.15, 0.2) is 82.8 Å². The van der Waals surface area contributed by atoms with E-state index < -0.39 is 5.97 Å². The molecule has 3 aromatic rings. The Bertz CT molecular complexity index is 964. The second-order valence-corrected chi connectivity index (χ2v) is 5.28. The number of hydrogen-bond donors (Lipinski definition) is 1. The van der Waals surface area contributed by atoms with E-state index >= 15 is 0 Å². The zero-order valence-electron chi connectivity index (χ0n) is 14.1. The summed E-state index contributed by atoms with van der Waals surface area (Å²) in [6.07, 6.45) is 8.78. The molecule has 0 unspecified atom stereocenters. The molecule has 0 atom stereocenters. The first kappa shape index (κ1) is 17.8. The van der Waals surface area contributed by atoms with Crippen LogP contribution in [0.1, 0.15) is 21.7 Å². The second-order valence-electron chi connectivity index (χ2n) is 5.28. The summed E-state index contributed by atoms with van der Waals surface area (Å²) >= 11 is 0. The van der Waals surface area contributed by atoms with Gasteiger partial charge in [-0.2, -0.15) is 5.10 Å². The maximum absolute atomic E-state index is 11.9. The van der Waals surface area contributed by atoms with E-state index in [4.69, 9.17) is 9.15 Å². The molecule has 0 saturated carbocycles. The van der Waals surface area contributed by atoms with Gasteiger partial charge in [0.1, 0.15) is 11.5 Å². The van der Waals surface area contributed by atoms with Crippen LogP contribution in [-0.2, 0) is 4.79 Å².